The van der Waals surface area contributed by atoms with Gasteiger partial charge in [-0.3, -0.25) is 10.5 Å². The van der Waals surface area contributed by atoms with Crippen LogP contribution in [-0.2, 0) is 0 Å². The van der Waals surface area contributed by atoms with E-state index >= 15 is 0 Å². The summed E-state index contributed by atoms with van der Waals surface area (Å²) in [7, 11) is 0. The summed E-state index contributed by atoms with van der Waals surface area (Å²) < 4.78 is 5.32. The Hall–Kier alpha value is -2.32. The van der Waals surface area contributed by atoms with E-state index in [-0.39, 0.29) is 11.8 Å². The molecule has 0 saturated carbocycles. The van der Waals surface area contributed by atoms with Crippen LogP contribution in [0.2, 0.25) is 5.02 Å². The zero-order valence-electron chi connectivity index (χ0n) is 10.6. The van der Waals surface area contributed by atoms with Gasteiger partial charge < -0.3 is 4.74 Å². The number of halogens is 1. The van der Waals surface area contributed by atoms with Crippen LogP contribution in [-0.4, -0.2) is 16.1 Å². The highest BCUT2D eigenvalue weighted by Crippen LogP contribution is 2.42. The van der Waals surface area contributed by atoms with Crippen LogP contribution in [0.3, 0.4) is 0 Å². The van der Waals surface area contributed by atoms with Gasteiger partial charge in [-0.25, -0.2) is 0 Å². The van der Waals surface area contributed by atoms with Crippen LogP contribution < -0.4 is 4.74 Å². The topological polar surface area (TPSA) is 85.5 Å². The van der Waals surface area contributed by atoms with E-state index in [1.54, 1.807) is 12.1 Å². The molecule has 100 valence electrons. The third-order valence-electron chi connectivity index (χ3n) is 3.46. The number of nitrogens with one attached hydrogen (secondary N) is 2. The Kier molecular flexibility index (Phi) is 2.96. The number of fused-ring (bicyclic) bond motifs is 1. The Bertz CT molecular complexity index is 714. The van der Waals surface area contributed by atoms with Crippen LogP contribution >= 0.6 is 11.6 Å². The standard InChI is InChI=1S/C14H11ClN4O/c1-7-11-12(8-2-4-9(15)5-3-8)10(6-16)13(17)20-14(11)19-18-7/h2-5,10,12,17H,1H3,(H,18,19). The summed E-state index contributed by atoms with van der Waals surface area (Å²) in [5.41, 5.74) is 2.59. The first-order valence-corrected chi connectivity index (χ1v) is 6.46. The molecule has 1 aromatic carbocycles. The van der Waals surface area contributed by atoms with Crippen molar-refractivity contribution in [3.8, 4) is 11.9 Å². The van der Waals surface area contributed by atoms with E-state index in [4.69, 9.17) is 21.7 Å². The van der Waals surface area contributed by atoms with Crippen molar-refractivity contribution in [1.82, 2.24) is 10.2 Å². The molecular formula is C14H11ClN4O. The number of aromatic nitrogens is 2. The molecule has 0 aliphatic carbocycles. The number of H-pyrrole nitrogens is 1. The molecule has 2 N–H and O–H groups in total. The molecule has 0 amide bonds. The molecule has 2 unspecified atom stereocenters. The van der Waals surface area contributed by atoms with Gasteiger partial charge in [-0.1, -0.05) is 23.7 Å². The first-order chi connectivity index (χ1) is 9.61. The fraction of sp³-hybridized carbons (Fsp3) is 0.214. The molecule has 2 aromatic rings. The van der Waals surface area contributed by atoms with Gasteiger partial charge >= 0.3 is 0 Å². The fourth-order valence-electron chi connectivity index (χ4n) is 2.51. The second kappa shape index (κ2) is 4.66. The van der Waals surface area contributed by atoms with Crippen molar-refractivity contribution in [1.29, 1.82) is 10.7 Å². The minimum atomic E-state index is -0.667. The van der Waals surface area contributed by atoms with Crippen molar-refractivity contribution < 1.29 is 4.74 Å². The Morgan fingerprint density at radius 3 is 2.75 bits per heavy atom. The Morgan fingerprint density at radius 1 is 1.40 bits per heavy atom. The van der Waals surface area contributed by atoms with Crippen molar-refractivity contribution in [2.75, 3.05) is 0 Å². The fourth-order valence-corrected chi connectivity index (χ4v) is 2.63. The number of nitriles is 1. The number of hydrogen-bond acceptors (Lipinski definition) is 4. The monoisotopic (exact) mass is 286 g/mol. The number of ether oxygens (including phenoxy) is 1. The van der Waals surface area contributed by atoms with E-state index < -0.39 is 5.92 Å². The van der Waals surface area contributed by atoms with Crippen molar-refractivity contribution >= 4 is 17.5 Å². The highest BCUT2D eigenvalue weighted by Gasteiger charge is 2.39. The van der Waals surface area contributed by atoms with Gasteiger partial charge in [0.1, 0.15) is 5.92 Å². The third-order valence-corrected chi connectivity index (χ3v) is 3.71. The van der Waals surface area contributed by atoms with E-state index in [0.717, 1.165) is 16.8 Å². The number of hydrogen-bond donors (Lipinski definition) is 2. The zero-order valence-corrected chi connectivity index (χ0v) is 11.4. The lowest BCUT2D eigenvalue weighted by atomic mass is 9.80. The minimum Gasteiger partial charge on any atom is -0.422 e. The smallest absolute Gasteiger partial charge is 0.243 e. The van der Waals surface area contributed by atoms with Gasteiger partial charge in [-0.2, -0.15) is 5.26 Å². The molecule has 2 atom stereocenters. The molecule has 2 heterocycles. The maximum Gasteiger partial charge on any atom is 0.243 e. The van der Waals surface area contributed by atoms with Crippen molar-refractivity contribution in [2.24, 2.45) is 5.92 Å². The maximum absolute atomic E-state index is 9.37. The lowest BCUT2D eigenvalue weighted by Gasteiger charge is -2.27. The molecule has 5 nitrogen and oxygen atoms in total. The molecule has 1 aromatic heterocycles. The summed E-state index contributed by atoms with van der Waals surface area (Å²) in [6.45, 7) is 1.88. The largest absolute Gasteiger partial charge is 0.422 e. The number of aromatic amines is 1. The lowest BCUT2D eigenvalue weighted by Crippen LogP contribution is -2.30. The van der Waals surface area contributed by atoms with Crippen LogP contribution in [0.1, 0.15) is 22.7 Å². The van der Waals surface area contributed by atoms with E-state index in [1.807, 2.05) is 19.1 Å². The van der Waals surface area contributed by atoms with E-state index in [9.17, 15) is 5.26 Å². The number of nitrogens with zero attached hydrogens (tertiary/aromatic N) is 2. The van der Waals surface area contributed by atoms with Crippen LogP contribution in [0, 0.1) is 29.6 Å². The summed E-state index contributed by atoms with van der Waals surface area (Å²) in [5.74, 6) is -0.641. The van der Waals surface area contributed by atoms with Gasteiger partial charge in [0.25, 0.3) is 0 Å². The van der Waals surface area contributed by atoms with Gasteiger partial charge in [0.05, 0.1) is 6.07 Å². The predicted octanol–water partition coefficient (Wildman–Crippen LogP) is 3.01. The molecular weight excluding hydrogens is 276 g/mol. The van der Waals surface area contributed by atoms with E-state index in [0.29, 0.717) is 10.9 Å². The van der Waals surface area contributed by atoms with Crippen molar-refractivity contribution in [3.63, 3.8) is 0 Å². The number of rotatable bonds is 1. The summed E-state index contributed by atoms with van der Waals surface area (Å²) in [6.07, 6.45) is 0. The van der Waals surface area contributed by atoms with Crippen molar-refractivity contribution in [3.05, 3.63) is 46.1 Å². The van der Waals surface area contributed by atoms with Crippen LogP contribution in [0.15, 0.2) is 24.3 Å². The van der Waals surface area contributed by atoms with Gasteiger partial charge in [-0.15, -0.1) is 5.10 Å². The molecule has 3 rings (SSSR count). The van der Waals surface area contributed by atoms with Crippen molar-refractivity contribution in [2.45, 2.75) is 12.8 Å². The molecule has 0 spiro atoms. The minimum absolute atomic E-state index is 0.0774. The summed E-state index contributed by atoms with van der Waals surface area (Å²) >= 11 is 5.91. The average molecular weight is 287 g/mol. The molecule has 6 heteroatoms. The summed E-state index contributed by atoms with van der Waals surface area (Å²) in [5, 5.41) is 24.8. The van der Waals surface area contributed by atoms with Crippen LogP contribution in [0.4, 0.5) is 0 Å². The number of benzene rings is 1. The molecule has 1 aliphatic heterocycles. The average Bonchev–Trinajstić information content (AvgIpc) is 2.79. The van der Waals surface area contributed by atoms with Crippen LogP contribution in [0.25, 0.3) is 0 Å². The highest BCUT2D eigenvalue weighted by atomic mass is 35.5. The zero-order chi connectivity index (χ0) is 14.3. The summed E-state index contributed by atoms with van der Waals surface area (Å²) in [4.78, 5) is 0. The Labute approximate surface area is 120 Å². The molecule has 0 radical (unpaired) electrons. The first-order valence-electron chi connectivity index (χ1n) is 6.08. The van der Waals surface area contributed by atoms with Gasteiger partial charge in [0.2, 0.25) is 11.8 Å². The van der Waals surface area contributed by atoms with E-state index in [2.05, 4.69) is 16.3 Å². The van der Waals surface area contributed by atoms with Gasteiger partial charge in [0.15, 0.2) is 0 Å². The second-order valence-electron chi connectivity index (χ2n) is 4.67. The van der Waals surface area contributed by atoms with Gasteiger partial charge in [0, 0.05) is 22.2 Å². The molecule has 1 aliphatic rings. The molecule has 20 heavy (non-hydrogen) atoms. The molecule has 0 fully saturated rings. The highest BCUT2D eigenvalue weighted by molar-refractivity contribution is 6.30. The van der Waals surface area contributed by atoms with Gasteiger partial charge in [-0.05, 0) is 24.6 Å². The third kappa shape index (κ3) is 1.86. The maximum atomic E-state index is 9.37. The predicted molar refractivity (Wildman–Crippen MR) is 74.1 cm³/mol. The first kappa shape index (κ1) is 12.7. The second-order valence-corrected chi connectivity index (χ2v) is 5.11. The quantitative estimate of drug-likeness (QED) is 0.845. The normalized spacial score (nSPS) is 20.9. The summed E-state index contributed by atoms with van der Waals surface area (Å²) in [6, 6.07) is 9.44. The van der Waals surface area contributed by atoms with E-state index in [1.165, 1.54) is 0 Å². The Balaban J connectivity index is 2.19. The molecule has 0 bridgehead atoms. The lowest BCUT2D eigenvalue weighted by molar-refractivity contribution is 0.436. The SMILES string of the molecule is Cc1[nH]nc2c1C(c1ccc(Cl)cc1)C(C#N)C(=N)O2. The van der Waals surface area contributed by atoms with Crippen LogP contribution in [0.5, 0.6) is 5.88 Å². The number of aryl methyl sites for hydroxylation is 1. The Morgan fingerprint density at radius 2 is 2.10 bits per heavy atom. The molecule has 0 saturated heterocycles.